The van der Waals surface area contributed by atoms with Crippen LogP contribution in [0.25, 0.3) is 10.9 Å². The van der Waals surface area contributed by atoms with Gasteiger partial charge in [0.2, 0.25) is 5.88 Å². The summed E-state index contributed by atoms with van der Waals surface area (Å²) in [7, 11) is 0. The van der Waals surface area contributed by atoms with Gasteiger partial charge >= 0.3 is 0 Å². The summed E-state index contributed by atoms with van der Waals surface area (Å²) in [4.78, 5) is 8.41. The standard InChI is InChI=1S/C15H12N4O/c16-15(17)11-5-6-18-14(8-11)20-12-7-10-3-1-2-4-13(10)19-9-12/h1-9H,(H3,16,17). The van der Waals surface area contributed by atoms with Crippen molar-refractivity contribution >= 4 is 16.7 Å². The normalized spacial score (nSPS) is 10.4. The van der Waals surface area contributed by atoms with Gasteiger partial charge in [-0.3, -0.25) is 10.4 Å². The van der Waals surface area contributed by atoms with Crippen LogP contribution < -0.4 is 10.5 Å². The van der Waals surface area contributed by atoms with Crippen LogP contribution in [0.3, 0.4) is 0 Å². The first-order valence-electron chi connectivity index (χ1n) is 6.05. The van der Waals surface area contributed by atoms with E-state index >= 15 is 0 Å². The van der Waals surface area contributed by atoms with Crippen molar-refractivity contribution in [1.29, 1.82) is 5.41 Å². The van der Waals surface area contributed by atoms with Gasteiger partial charge < -0.3 is 10.5 Å². The summed E-state index contributed by atoms with van der Waals surface area (Å²) in [5, 5.41) is 8.40. The summed E-state index contributed by atoms with van der Waals surface area (Å²) in [6.07, 6.45) is 3.20. The summed E-state index contributed by atoms with van der Waals surface area (Å²) in [5.74, 6) is 0.959. The van der Waals surface area contributed by atoms with Crippen LogP contribution in [0.15, 0.2) is 54.9 Å². The first-order chi connectivity index (χ1) is 9.72. The number of rotatable bonds is 3. The van der Waals surface area contributed by atoms with Crippen LogP contribution in [0, 0.1) is 5.41 Å². The molecule has 3 N–H and O–H groups in total. The van der Waals surface area contributed by atoms with E-state index in [4.69, 9.17) is 15.9 Å². The number of hydrogen-bond acceptors (Lipinski definition) is 4. The van der Waals surface area contributed by atoms with E-state index in [1.54, 1.807) is 24.5 Å². The van der Waals surface area contributed by atoms with Gasteiger partial charge in [-0.2, -0.15) is 0 Å². The number of nitrogens with one attached hydrogen (secondary N) is 1. The molecular formula is C15H12N4O. The second kappa shape index (κ2) is 4.97. The van der Waals surface area contributed by atoms with E-state index < -0.39 is 0 Å². The molecule has 98 valence electrons. The third-order valence-corrected chi connectivity index (χ3v) is 2.83. The molecule has 2 aromatic heterocycles. The number of hydrogen-bond donors (Lipinski definition) is 2. The number of amidine groups is 1. The highest BCUT2D eigenvalue weighted by molar-refractivity contribution is 5.95. The number of para-hydroxylation sites is 1. The van der Waals surface area contributed by atoms with Crippen LogP contribution in [0.1, 0.15) is 5.56 Å². The van der Waals surface area contributed by atoms with Gasteiger partial charge in [0.15, 0.2) is 0 Å². The topological polar surface area (TPSA) is 84.9 Å². The number of ether oxygens (including phenoxy) is 1. The van der Waals surface area contributed by atoms with Gasteiger partial charge in [0.1, 0.15) is 11.6 Å². The number of nitrogens with two attached hydrogens (primary N) is 1. The highest BCUT2D eigenvalue weighted by Gasteiger charge is 2.04. The number of benzene rings is 1. The SMILES string of the molecule is N=C(N)c1ccnc(Oc2cnc3ccccc3c2)c1. The first kappa shape index (κ1) is 12.1. The third-order valence-electron chi connectivity index (χ3n) is 2.83. The third kappa shape index (κ3) is 2.42. The molecule has 0 aliphatic heterocycles. The van der Waals surface area contributed by atoms with Gasteiger partial charge in [-0.25, -0.2) is 4.98 Å². The zero-order valence-electron chi connectivity index (χ0n) is 10.6. The fourth-order valence-corrected chi connectivity index (χ4v) is 1.86. The first-order valence-corrected chi connectivity index (χ1v) is 6.05. The number of nitrogen functional groups attached to an aromatic ring is 1. The molecule has 2 heterocycles. The van der Waals surface area contributed by atoms with E-state index in [2.05, 4.69) is 9.97 Å². The second-order valence-corrected chi connectivity index (χ2v) is 4.26. The molecule has 0 amide bonds. The van der Waals surface area contributed by atoms with Crippen LogP contribution in [0.4, 0.5) is 0 Å². The highest BCUT2D eigenvalue weighted by Crippen LogP contribution is 2.22. The molecule has 0 aliphatic carbocycles. The molecule has 0 unspecified atom stereocenters. The molecule has 0 saturated carbocycles. The molecule has 0 fully saturated rings. The molecule has 3 aromatic rings. The molecular weight excluding hydrogens is 252 g/mol. The van der Waals surface area contributed by atoms with Crippen molar-refractivity contribution in [1.82, 2.24) is 9.97 Å². The monoisotopic (exact) mass is 264 g/mol. The Bertz CT molecular complexity index is 785. The Kier molecular flexibility index (Phi) is 3.01. The minimum Gasteiger partial charge on any atom is -0.437 e. The van der Waals surface area contributed by atoms with Gasteiger partial charge in [0, 0.05) is 23.2 Å². The highest BCUT2D eigenvalue weighted by atomic mass is 16.5. The molecule has 1 aromatic carbocycles. The van der Waals surface area contributed by atoms with Crippen LogP contribution in [0.5, 0.6) is 11.6 Å². The van der Waals surface area contributed by atoms with E-state index in [0.717, 1.165) is 10.9 Å². The molecule has 0 spiro atoms. The largest absolute Gasteiger partial charge is 0.437 e. The maximum absolute atomic E-state index is 7.40. The summed E-state index contributed by atoms with van der Waals surface area (Å²) in [6.45, 7) is 0. The number of aromatic nitrogens is 2. The van der Waals surface area contributed by atoms with Crippen molar-refractivity contribution in [2.45, 2.75) is 0 Å². The Hall–Kier alpha value is -2.95. The molecule has 0 aliphatic rings. The average Bonchev–Trinajstić information content (AvgIpc) is 2.47. The smallest absolute Gasteiger partial charge is 0.219 e. The van der Waals surface area contributed by atoms with Crippen molar-refractivity contribution in [3.05, 3.63) is 60.4 Å². The maximum Gasteiger partial charge on any atom is 0.219 e. The van der Waals surface area contributed by atoms with Gasteiger partial charge in [-0.15, -0.1) is 0 Å². The zero-order chi connectivity index (χ0) is 13.9. The lowest BCUT2D eigenvalue weighted by molar-refractivity contribution is 0.461. The van der Waals surface area contributed by atoms with E-state index in [1.807, 2.05) is 30.3 Å². The maximum atomic E-state index is 7.40. The number of fused-ring (bicyclic) bond motifs is 1. The van der Waals surface area contributed by atoms with Crippen molar-refractivity contribution in [2.75, 3.05) is 0 Å². The number of nitrogens with zero attached hydrogens (tertiary/aromatic N) is 2. The Morgan fingerprint density at radius 3 is 2.80 bits per heavy atom. The summed E-state index contributed by atoms with van der Waals surface area (Å²) in [5.41, 5.74) is 6.92. The Labute approximate surface area is 115 Å². The molecule has 0 radical (unpaired) electrons. The fraction of sp³-hybridized carbons (Fsp3) is 0. The van der Waals surface area contributed by atoms with Gasteiger partial charge in [0.05, 0.1) is 11.7 Å². The molecule has 0 atom stereocenters. The van der Waals surface area contributed by atoms with Crippen molar-refractivity contribution in [3.63, 3.8) is 0 Å². The molecule has 0 bridgehead atoms. The van der Waals surface area contributed by atoms with Crippen LogP contribution in [0.2, 0.25) is 0 Å². The van der Waals surface area contributed by atoms with Gasteiger partial charge in [-0.05, 0) is 18.2 Å². The second-order valence-electron chi connectivity index (χ2n) is 4.26. The van der Waals surface area contributed by atoms with Crippen LogP contribution >= 0.6 is 0 Å². The number of pyridine rings is 2. The van der Waals surface area contributed by atoms with Crippen molar-refractivity contribution in [2.24, 2.45) is 5.73 Å². The minimum atomic E-state index is -0.0195. The Morgan fingerprint density at radius 2 is 1.95 bits per heavy atom. The van der Waals surface area contributed by atoms with Gasteiger partial charge in [0.25, 0.3) is 0 Å². The molecule has 5 nitrogen and oxygen atoms in total. The van der Waals surface area contributed by atoms with E-state index in [0.29, 0.717) is 17.2 Å². The summed E-state index contributed by atoms with van der Waals surface area (Å²) < 4.78 is 5.65. The Balaban J connectivity index is 1.92. The van der Waals surface area contributed by atoms with Gasteiger partial charge in [-0.1, -0.05) is 18.2 Å². The fourth-order valence-electron chi connectivity index (χ4n) is 1.86. The molecule has 5 heteroatoms. The van der Waals surface area contributed by atoms with Crippen molar-refractivity contribution in [3.8, 4) is 11.6 Å². The van der Waals surface area contributed by atoms with E-state index in [1.165, 1.54) is 0 Å². The van der Waals surface area contributed by atoms with Crippen molar-refractivity contribution < 1.29 is 4.74 Å². The summed E-state index contributed by atoms with van der Waals surface area (Å²) >= 11 is 0. The lowest BCUT2D eigenvalue weighted by Crippen LogP contribution is -2.11. The lowest BCUT2D eigenvalue weighted by atomic mass is 10.2. The Morgan fingerprint density at radius 1 is 1.10 bits per heavy atom. The van der Waals surface area contributed by atoms with Crippen LogP contribution in [-0.4, -0.2) is 15.8 Å². The predicted molar refractivity (Wildman–Crippen MR) is 77.1 cm³/mol. The predicted octanol–water partition coefficient (Wildman–Crippen LogP) is 2.71. The lowest BCUT2D eigenvalue weighted by Gasteiger charge is -2.06. The summed E-state index contributed by atoms with van der Waals surface area (Å²) in [6, 6.07) is 13.0. The van der Waals surface area contributed by atoms with E-state index in [-0.39, 0.29) is 5.84 Å². The zero-order valence-corrected chi connectivity index (χ0v) is 10.6. The van der Waals surface area contributed by atoms with Crippen LogP contribution in [-0.2, 0) is 0 Å². The average molecular weight is 264 g/mol. The minimum absolute atomic E-state index is 0.0195. The molecule has 20 heavy (non-hydrogen) atoms. The van der Waals surface area contributed by atoms with E-state index in [9.17, 15) is 0 Å². The molecule has 0 saturated heterocycles. The quantitative estimate of drug-likeness (QED) is 0.562. The molecule has 3 rings (SSSR count).